The topological polar surface area (TPSA) is 73.1 Å². The molecule has 2 atom stereocenters. The van der Waals surface area contributed by atoms with Crippen molar-refractivity contribution >= 4 is 11.7 Å². The van der Waals surface area contributed by atoms with E-state index in [0.717, 1.165) is 17.9 Å². The maximum Gasteiger partial charge on any atom is 0.227 e. The molecule has 1 unspecified atom stereocenters. The van der Waals surface area contributed by atoms with Crippen LogP contribution in [-0.4, -0.2) is 45.7 Å². The fourth-order valence-corrected chi connectivity index (χ4v) is 4.06. The summed E-state index contributed by atoms with van der Waals surface area (Å²) in [7, 11) is 0. The molecule has 0 spiro atoms. The molecule has 2 aliphatic heterocycles. The molecule has 2 aromatic rings. The molecule has 0 radical (unpaired) electrons. The molecule has 2 fully saturated rings. The number of hydrogen-bond acceptors (Lipinski definition) is 5. The van der Waals surface area contributed by atoms with Crippen molar-refractivity contribution in [2.75, 3.05) is 18.0 Å². The lowest BCUT2D eigenvalue weighted by atomic mass is 9.71. The molecule has 27 heavy (non-hydrogen) atoms. The van der Waals surface area contributed by atoms with Crippen LogP contribution in [0.3, 0.4) is 0 Å². The normalized spacial score (nSPS) is 23.3. The van der Waals surface area contributed by atoms with Gasteiger partial charge >= 0.3 is 0 Å². The maximum atomic E-state index is 12.7. The number of carbonyl (C=O) groups is 1. The molecule has 6 nitrogen and oxygen atoms in total. The van der Waals surface area contributed by atoms with Gasteiger partial charge in [-0.2, -0.15) is 5.26 Å². The fraction of sp³-hybridized carbons (Fsp3) is 0.429. The van der Waals surface area contributed by atoms with Crippen LogP contribution in [0.5, 0.6) is 0 Å². The van der Waals surface area contributed by atoms with E-state index in [1.54, 1.807) is 6.07 Å². The second-order valence-electron chi connectivity index (χ2n) is 7.97. The van der Waals surface area contributed by atoms with Gasteiger partial charge in [-0.3, -0.25) is 4.79 Å². The Morgan fingerprint density at radius 2 is 2.00 bits per heavy atom. The summed E-state index contributed by atoms with van der Waals surface area (Å²) < 4.78 is 0. The molecule has 0 N–H and O–H groups in total. The van der Waals surface area contributed by atoms with E-state index < -0.39 is 0 Å². The minimum absolute atomic E-state index is 0.0833. The van der Waals surface area contributed by atoms with Crippen molar-refractivity contribution in [1.82, 2.24) is 15.1 Å². The van der Waals surface area contributed by atoms with Crippen molar-refractivity contribution in [1.29, 1.82) is 5.26 Å². The number of rotatable bonds is 4. The standard InChI is InChI=1S/C21H23N5O/c1-14(2)16-6-4-15(5-7-16)10-20(27)25-13-21(3)18(25)12-26(21)19-9-8-17(11-22)23-24-19/h4-9,14,18H,10,12-13H2,1-3H3/t18?,21-/m0/s1. The van der Waals surface area contributed by atoms with Crippen molar-refractivity contribution in [3.05, 3.63) is 53.2 Å². The summed E-state index contributed by atoms with van der Waals surface area (Å²) in [6.07, 6.45) is 0.446. The molecule has 1 aromatic heterocycles. The lowest BCUT2D eigenvalue weighted by Gasteiger charge is -2.69. The van der Waals surface area contributed by atoms with E-state index in [2.05, 4.69) is 60.1 Å². The summed E-state index contributed by atoms with van der Waals surface area (Å²) in [5.74, 6) is 1.45. The van der Waals surface area contributed by atoms with Gasteiger partial charge in [-0.05, 0) is 36.1 Å². The maximum absolute atomic E-state index is 12.7. The van der Waals surface area contributed by atoms with Gasteiger partial charge in [0.15, 0.2) is 11.5 Å². The highest BCUT2D eigenvalue weighted by Gasteiger charge is 2.63. The van der Waals surface area contributed by atoms with Crippen LogP contribution in [0.1, 0.15) is 43.5 Å². The number of nitrogens with zero attached hydrogens (tertiary/aromatic N) is 5. The summed E-state index contributed by atoms with van der Waals surface area (Å²) in [4.78, 5) is 16.9. The van der Waals surface area contributed by atoms with E-state index in [9.17, 15) is 4.79 Å². The minimum atomic E-state index is -0.0833. The van der Waals surface area contributed by atoms with Crippen LogP contribution in [0, 0.1) is 11.3 Å². The Bertz CT molecular complexity index is 900. The van der Waals surface area contributed by atoms with Crippen LogP contribution in [0.4, 0.5) is 5.82 Å². The van der Waals surface area contributed by atoms with E-state index in [1.807, 2.05) is 17.0 Å². The summed E-state index contributed by atoms with van der Waals surface area (Å²) >= 11 is 0. The molecule has 4 rings (SSSR count). The Balaban J connectivity index is 1.38. The highest BCUT2D eigenvalue weighted by Crippen LogP contribution is 2.45. The SMILES string of the molecule is CC(C)c1ccc(CC(=O)N2C[C@@]3(C)C2CN3c2ccc(C#N)nn2)cc1. The fourth-order valence-electron chi connectivity index (χ4n) is 4.06. The number of likely N-dealkylation sites (tertiary alicyclic amines) is 1. The molecule has 2 aliphatic rings. The molecule has 3 heterocycles. The van der Waals surface area contributed by atoms with Gasteiger partial charge in [-0.15, -0.1) is 10.2 Å². The first-order valence-electron chi connectivity index (χ1n) is 9.32. The van der Waals surface area contributed by atoms with Gasteiger partial charge in [0.05, 0.1) is 18.0 Å². The summed E-state index contributed by atoms with van der Waals surface area (Å²) in [6, 6.07) is 14.1. The first-order chi connectivity index (χ1) is 12.9. The van der Waals surface area contributed by atoms with E-state index in [0.29, 0.717) is 24.6 Å². The van der Waals surface area contributed by atoms with Gasteiger partial charge in [-0.25, -0.2) is 0 Å². The average Bonchev–Trinajstić information content (AvgIpc) is 2.67. The third kappa shape index (κ3) is 2.84. The van der Waals surface area contributed by atoms with Gasteiger partial charge in [0, 0.05) is 13.1 Å². The second-order valence-corrected chi connectivity index (χ2v) is 7.97. The number of hydrogen-bond donors (Lipinski definition) is 0. The van der Waals surface area contributed by atoms with Crippen LogP contribution >= 0.6 is 0 Å². The second kappa shape index (κ2) is 6.34. The Hall–Kier alpha value is -2.94. The highest BCUT2D eigenvalue weighted by atomic mass is 16.2. The van der Waals surface area contributed by atoms with Crippen molar-refractivity contribution in [3.63, 3.8) is 0 Å². The first-order valence-corrected chi connectivity index (χ1v) is 9.32. The van der Waals surface area contributed by atoms with Gasteiger partial charge in [0.1, 0.15) is 6.07 Å². The van der Waals surface area contributed by atoms with E-state index in [4.69, 9.17) is 5.26 Å². The van der Waals surface area contributed by atoms with Crippen molar-refractivity contribution in [2.45, 2.75) is 44.7 Å². The molecule has 6 heteroatoms. The summed E-state index contributed by atoms with van der Waals surface area (Å²) in [6.45, 7) is 7.95. The van der Waals surface area contributed by atoms with Gasteiger partial charge in [0.25, 0.3) is 0 Å². The Morgan fingerprint density at radius 3 is 2.52 bits per heavy atom. The molecule has 0 saturated carbocycles. The zero-order valence-electron chi connectivity index (χ0n) is 15.9. The van der Waals surface area contributed by atoms with Crippen LogP contribution in [0.2, 0.25) is 0 Å². The molecule has 138 valence electrons. The van der Waals surface area contributed by atoms with E-state index in [1.165, 1.54) is 5.56 Å². The van der Waals surface area contributed by atoms with Crippen LogP contribution in [-0.2, 0) is 11.2 Å². The molecular formula is C21H23N5O. The van der Waals surface area contributed by atoms with Crippen LogP contribution < -0.4 is 4.90 Å². The lowest BCUT2D eigenvalue weighted by molar-refractivity contribution is -0.150. The number of benzene rings is 1. The number of carbonyl (C=O) groups excluding carboxylic acids is 1. The Labute approximate surface area is 159 Å². The molecule has 0 bridgehead atoms. The Kier molecular flexibility index (Phi) is 4.11. The zero-order valence-corrected chi connectivity index (χ0v) is 15.9. The first kappa shape index (κ1) is 17.5. The highest BCUT2D eigenvalue weighted by molar-refractivity contribution is 5.82. The number of nitriles is 1. The number of aromatic nitrogens is 2. The molecular weight excluding hydrogens is 338 g/mol. The van der Waals surface area contributed by atoms with Gasteiger partial charge < -0.3 is 9.80 Å². The lowest BCUT2D eigenvalue weighted by Crippen LogP contribution is -2.87. The Morgan fingerprint density at radius 1 is 1.26 bits per heavy atom. The summed E-state index contributed by atoms with van der Waals surface area (Å²) in [5.41, 5.74) is 2.59. The number of anilines is 1. The molecule has 0 aliphatic carbocycles. The van der Waals surface area contributed by atoms with Crippen LogP contribution in [0.25, 0.3) is 0 Å². The third-order valence-corrected chi connectivity index (χ3v) is 5.92. The quantitative estimate of drug-likeness (QED) is 0.837. The number of fused-ring (bicyclic) bond motifs is 1. The predicted molar refractivity (Wildman–Crippen MR) is 102 cm³/mol. The third-order valence-electron chi connectivity index (χ3n) is 5.92. The van der Waals surface area contributed by atoms with E-state index in [-0.39, 0.29) is 17.5 Å². The largest absolute Gasteiger partial charge is 0.344 e. The van der Waals surface area contributed by atoms with Crippen LogP contribution in [0.15, 0.2) is 36.4 Å². The summed E-state index contributed by atoms with van der Waals surface area (Å²) in [5, 5.41) is 16.9. The van der Waals surface area contributed by atoms with Crippen molar-refractivity contribution in [3.8, 4) is 6.07 Å². The smallest absolute Gasteiger partial charge is 0.227 e. The molecule has 1 amide bonds. The molecule has 1 aromatic carbocycles. The molecule has 2 saturated heterocycles. The predicted octanol–water partition coefficient (Wildman–Crippen LogP) is 2.50. The minimum Gasteiger partial charge on any atom is -0.344 e. The average molecular weight is 361 g/mol. The van der Waals surface area contributed by atoms with Crippen molar-refractivity contribution in [2.24, 2.45) is 0 Å². The number of piperazine rings is 1. The number of amides is 1. The van der Waals surface area contributed by atoms with Crippen molar-refractivity contribution < 1.29 is 4.79 Å². The van der Waals surface area contributed by atoms with E-state index >= 15 is 0 Å². The monoisotopic (exact) mass is 361 g/mol. The van der Waals surface area contributed by atoms with Gasteiger partial charge in [0.2, 0.25) is 5.91 Å². The zero-order chi connectivity index (χ0) is 19.2. The van der Waals surface area contributed by atoms with Gasteiger partial charge in [-0.1, -0.05) is 38.1 Å².